The SMILES string of the molecule is CCC(Sc1cccc(NC(=O)c2ccc(Cl)cc2Cl)c1)C(=O)Nc1cc(OC)ccc1OC. The number of benzene rings is 3. The number of ether oxygens (including phenoxy) is 2. The van der Waals surface area contributed by atoms with Gasteiger partial charge in [0.05, 0.1) is 35.7 Å². The maximum atomic E-state index is 13.0. The molecule has 0 aromatic heterocycles. The van der Waals surface area contributed by atoms with Crippen molar-refractivity contribution in [2.75, 3.05) is 24.9 Å². The van der Waals surface area contributed by atoms with Crippen LogP contribution in [0.1, 0.15) is 23.7 Å². The van der Waals surface area contributed by atoms with E-state index in [-0.39, 0.29) is 22.1 Å². The molecular weight excluding hydrogens is 495 g/mol. The molecular formula is C25H24Cl2N2O4S. The van der Waals surface area contributed by atoms with Crippen molar-refractivity contribution >= 4 is 58.2 Å². The van der Waals surface area contributed by atoms with E-state index in [0.29, 0.717) is 39.9 Å². The van der Waals surface area contributed by atoms with Gasteiger partial charge in [0.1, 0.15) is 11.5 Å². The smallest absolute Gasteiger partial charge is 0.257 e. The molecule has 0 aliphatic carbocycles. The second kappa shape index (κ2) is 12.0. The zero-order chi connectivity index (χ0) is 24.7. The van der Waals surface area contributed by atoms with E-state index in [9.17, 15) is 9.59 Å². The number of thioether (sulfide) groups is 1. The van der Waals surface area contributed by atoms with Crippen molar-refractivity contribution in [3.05, 3.63) is 76.3 Å². The number of rotatable bonds is 9. The van der Waals surface area contributed by atoms with Crippen LogP contribution in [0.25, 0.3) is 0 Å². The van der Waals surface area contributed by atoms with Gasteiger partial charge in [-0.25, -0.2) is 0 Å². The van der Waals surface area contributed by atoms with Crippen LogP contribution in [0.2, 0.25) is 10.0 Å². The Morgan fingerprint density at radius 1 is 0.971 bits per heavy atom. The maximum Gasteiger partial charge on any atom is 0.257 e. The fraction of sp³-hybridized carbons (Fsp3) is 0.200. The van der Waals surface area contributed by atoms with Crippen LogP contribution in [0.15, 0.2) is 65.6 Å². The number of halogens is 2. The van der Waals surface area contributed by atoms with Crippen molar-refractivity contribution < 1.29 is 19.1 Å². The van der Waals surface area contributed by atoms with Gasteiger partial charge in [-0.15, -0.1) is 11.8 Å². The fourth-order valence-electron chi connectivity index (χ4n) is 3.13. The zero-order valence-electron chi connectivity index (χ0n) is 18.9. The van der Waals surface area contributed by atoms with Gasteiger partial charge in [0.2, 0.25) is 5.91 Å². The van der Waals surface area contributed by atoms with Crippen LogP contribution in [0.4, 0.5) is 11.4 Å². The number of hydrogen-bond donors (Lipinski definition) is 2. The van der Waals surface area contributed by atoms with Crippen molar-refractivity contribution in [2.24, 2.45) is 0 Å². The van der Waals surface area contributed by atoms with Crippen molar-refractivity contribution in [1.82, 2.24) is 0 Å². The molecule has 178 valence electrons. The van der Waals surface area contributed by atoms with Crippen LogP contribution < -0.4 is 20.1 Å². The van der Waals surface area contributed by atoms with E-state index in [1.165, 1.54) is 17.8 Å². The second-order valence-electron chi connectivity index (χ2n) is 7.18. The lowest BCUT2D eigenvalue weighted by atomic mass is 10.2. The largest absolute Gasteiger partial charge is 0.497 e. The van der Waals surface area contributed by atoms with Gasteiger partial charge in [-0.1, -0.05) is 36.2 Å². The molecule has 0 aliphatic rings. The van der Waals surface area contributed by atoms with E-state index in [1.54, 1.807) is 50.6 Å². The van der Waals surface area contributed by atoms with Gasteiger partial charge in [0.15, 0.2) is 0 Å². The van der Waals surface area contributed by atoms with Crippen molar-refractivity contribution in [3.63, 3.8) is 0 Å². The number of nitrogens with one attached hydrogen (secondary N) is 2. The molecule has 0 fully saturated rings. The number of anilines is 2. The summed E-state index contributed by atoms with van der Waals surface area (Å²) in [6.45, 7) is 1.94. The summed E-state index contributed by atoms with van der Waals surface area (Å²) in [5.41, 5.74) is 1.44. The summed E-state index contributed by atoms with van der Waals surface area (Å²) in [5, 5.41) is 6.12. The Hall–Kier alpha value is -2.87. The molecule has 2 amide bonds. The van der Waals surface area contributed by atoms with E-state index >= 15 is 0 Å². The summed E-state index contributed by atoms with van der Waals surface area (Å²) in [5.74, 6) is 0.640. The summed E-state index contributed by atoms with van der Waals surface area (Å²) in [6, 6.07) is 17.2. The number of methoxy groups -OCH3 is 2. The van der Waals surface area contributed by atoms with E-state index in [4.69, 9.17) is 32.7 Å². The third-order valence-corrected chi connectivity index (χ3v) is 6.78. The van der Waals surface area contributed by atoms with Gasteiger partial charge in [-0.2, -0.15) is 0 Å². The molecule has 1 unspecified atom stereocenters. The van der Waals surface area contributed by atoms with Crippen LogP contribution in [0, 0.1) is 0 Å². The standard InChI is InChI=1S/C25H24Cl2N2O4S/c1-4-23(25(31)29-21-14-17(32-2)9-11-22(21)33-3)34-18-7-5-6-16(13-18)28-24(30)19-10-8-15(26)12-20(19)27/h5-14,23H,4H2,1-3H3,(H,28,30)(H,29,31). The lowest BCUT2D eigenvalue weighted by molar-refractivity contribution is -0.115. The third-order valence-electron chi connectivity index (χ3n) is 4.87. The summed E-state index contributed by atoms with van der Waals surface area (Å²) >= 11 is 13.5. The lowest BCUT2D eigenvalue weighted by Crippen LogP contribution is -2.24. The minimum absolute atomic E-state index is 0.165. The third kappa shape index (κ3) is 6.59. The predicted molar refractivity (Wildman–Crippen MR) is 139 cm³/mol. The highest BCUT2D eigenvalue weighted by Gasteiger charge is 2.20. The Kier molecular flexibility index (Phi) is 9.10. The highest BCUT2D eigenvalue weighted by molar-refractivity contribution is 8.00. The molecule has 0 radical (unpaired) electrons. The Balaban J connectivity index is 1.71. The number of hydrogen-bond acceptors (Lipinski definition) is 5. The highest BCUT2D eigenvalue weighted by atomic mass is 35.5. The van der Waals surface area contributed by atoms with E-state index < -0.39 is 0 Å². The molecule has 0 heterocycles. The molecule has 2 N–H and O–H groups in total. The van der Waals surface area contributed by atoms with Gasteiger partial charge in [0.25, 0.3) is 5.91 Å². The van der Waals surface area contributed by atoms with Crippen molar-refractivity contribution in [3.8, 4) is 11.5 Å². The van der Waals surface area contributed by atoms with Crippen molar-refractivity contribution in [2.45, 2.75) is 23.5 Å². The molecule has 0 spiro atoms. The van der Waals surface area contributed by atoms with E-state index in [0.717, 1.165) is 4.90 Å². The summed E-state index contributed by atoms with van der Waals surface area (Å²) in [4.78, 5) is 26.5. The topological polar surface area (TPSA) is 76.7 Å². The average Bonchev–Trinajstić information content (AvgIpc) is 2.82. The monoisotopic (exact) mass is 518 g/mol. The first kappa shape index (κ1) is 25.7. The predicted octanol–water partition coefficient (Wildman–Crippen LogP) is 6.77. The molecule has 1 atom stereocenters. The first-order valence-corrected chi connectivity index (χ1v) is 12.0. The Labute approximate surface area is 212 Å². The van der Waals surface area contributed by atoms with Gasteiger partial charge in [0, 0.05) is 21.7 Å². The van der Waals surface area contributed by atoms with Gasteiger partial charge in [-0.3, -0.25) is 9.59 Å². The van der Waals surface area contributed by atoms with Crippen LogP contribution in [-0.4, -0.2) is 31.3 Å². The minimum Gasteiger partial charge on any atom is -0.497 e. The molecule has 0 saturated heterocycles. The first-order chi connectivity index (χ1) is 16.3. The summed E-state index contributed by atoms with van der Waals surface area (Å²) in [7, 11) is 3.10. The van der Waals surface area contributed by atoms with Crippen LogP contribution in [0.3, 0.4) is 0 Å². The molecule has 3 rings (SSSR count). The van der Waals surface area contributed by atoms with Gasteiger partial charge in [-0.05, 0) is 55.0 Å². The summed E-state index contributed by atoms with van der Waals surface area (Å²) < 4.78 is 10.6. The molecule has 0 aliphatic heterocycles. The molecule has 0 saturated carbocycles. The quantitative estimate of drug-likeness (QED) is 0.305. The fourth-order valence-corrected chi connectivity index (χ4v) is 4.64. The number of carbonyl (C=O) groups is 2. The second-order valence-corrected chi connectivity index (χ2v) is 9.30. The normalized spacial score (nSPS) is 11.4. The van der Waals surface area contributed by atoms with E-state index in [2.05, 4.69) is 10.6 Å². The van der Waals surface area contributed by atoms with Crippen molar-refractivity contribution in [1.29, 1.82) is 0 Å². The maximum absolute atomic E-state index is 13.0. The van der Waals surface area contributed by atoms with Gasteiger partial charge >= 0.3 is 0 Å². The lowest BCUT2D eigenvalue weighted by Gasteiger charge is -2.17. The van der Waals surface area contributed by atoms with Crippen LogP contribution in [-0.2, 0) is 4.79 Å². The first-order valence-electron chi connectivity index (χ1n) is 10.4. The molecule has 6 nitrogen and oxygen atoms in total. The summed E-state index contributed by atoms with van der Waals surface area (Å²) in [6.07, 6.45) is 0.597. The molecule has 34 heavy (non-hydrogen) atoms. The van der Waals surface area contributed by atoms with Crippen LogP contribution in [0.5, 0.6) is 11.5 Å². The molecule has 9 heteroatoms. The Bertz CT molecular complexity index is 1190. The Morgan fingerprint density at radius 2 is 1.76 bits per heavy atom. The molecule has 0 bridgehead atoms. The van der Waals surface area contributed by atoms with E-state index in [1.807, 2.05) is 25.1 Å². The zero-order valence-corrected chi connectivity index (χ0v) is 21.2. The molecule has 3 aromatic carbocycles. The minimum atomic E-state index is -0.368. The van der Waals surface area contributed by atoms with Gasteiger partial charge < -0.3 is 20.1 Å². The highest BCUT2D eigenvalue weighted by Crippen LogP contribution is 2.32. The number of amides is 2. The van der Waals surface area contributed by atoms with Crippen LogP contribution >= 0.6 is 35.0 Å². The molecule has 3 aromatic rings. The Morgan fingerprint density at radius 3 is 2.44 bits per heavy atom. The average molecular weight is 519 g/mol. The number of carbonyl (C=O) groups excluding carboxylic acids is 2.